The van der Waals surface area contributed by atoms with E-state index in [-0.39, 0.29) is 22.5 Å². The molecule has 9 heteroatoms. The van der Waals surface area contributed by atoms with Crippen LogP contribution in [0.15, 0.2) is 46.9 Å². The van der Waals surface area contributed by atoms with Crippen molar-refractivity contribution >= 4 is 5.97 Å². The lowest BCUT2D eigenvalue weighted by molar-refractivity contribution is -0.431. The molecule has 0 radical (unpaired) electrons. The minimum Gasteiger partial charge on any atom is -0.466 e. The summed E-state index contributed by atoms with van der Waals surface area (Å²) < 4.78 is 44.8. The largest absolute Gasteiger partial charge is 0.466 e. The average molecular weight is 356 g/mol. The van der Waals surface area contributed by atoms with Crippen LogP contribution in [0, 0.1) is 10.1 Å². The van der Waals surface area contributed by atoms with E-state index < -0.39 is 34.2 Å². The van der Waals surface area contributed by atoms with Crippen molar-refractivity contribution < 1.29 is 27.6 Å². The number of nitrogens with zero attached hydrogens (tertiary/aromatic N) is 1. The molecule has 25 heavy (non-hydrogen) atoms. The second-order valence-corrected chi connectivity index (χ2v) is 5.44. The fourth-order valence-electron chi connectivity index (χ4n) is 2.92. The summed E-state index contributed by atoms with van der Waals surface area (Å²) in [5.41, 5.74) is -1.89. The number of dihydropyridines is 1. The fourth-order valence-corrected chi connectivity index (χ4v) is 2.92. The summed E-state index contributed by atoms with van der Waals surface area (Å²) in [5.74, 6) is -2.43. The van der Waals surface area contributed by atoms with Gasteiger partial charge in [-0.3, -0.25) is 10.1 Å². The van der Waals surface area contributed by atoms with Crippen molar-refractivity contribution in [2.75, 3.05) is 7.11 Å². The maximum Gasteiger partial charge on any atom is 0.416 e. The Kier molecular flexibility index (Phi) is 4.87. The number of rotatable bonds is 3. The van der Waals surface area contributed by atoms with Gasteiger partial charge in [0.25, 0.3) is 5.70 Å². The van der Waals surface area contributed by atoms with E-state index in [1.54, 1.807) is 0 Å². The first-order chi connectivity index (χ1) is 11.6. The van der Waals surface area contributed by atoms with E-state index in [1.807, 2.05) is 0 Å². The van der Waals surface area contributed by atoms with Crippen molar-refractivity contribution in [3.8, 4) is 0 Å². The smallest absolute Gasteiger partial charge is 0.416 e. The number of carbonyl (C=O) groups is 1. The van der Waals surface area contributed by atoms with Crippen molar-refractivity contribution in [1.29, 1.82) is 0 Å². The molecule has 0 fully saturated rings. The molecular weight excluding hydrogens is 341 g/mol. The number of halogens is 3. The van der Waals surface area contributed by atoms with Gasteiger partial charge in [0, 0.05) is 5.70 Å². The molecule has 1 heterocycles. The number of carbonyl (C=O) groups excluding carboxylic acids is 1. The van der Waals surface area contributed by atoms with Crippen LogP contribution in [0.25, 0.3) is 0 Å². The van der Waals surface area contributed by atoms with Gasteiger partial charge in [-0.2, -0.15) is 13.2 Å². The van der Waals surface area contributed by atoms with Gasteiger partial charge < -0.3 is 10.1 Å². The molecule has 1 aromatic rings. The number of alkyl halides is 3. The Morgan fingerprint density at radius 1 is 1.24 bits per heavy atom. The molecule has 1 atom stereocenters. The van der Waals surface area contributed by atoms with Gasteiger partial charge in [-0.15, -0.1) is 0 Å². The van der Waals surface area contributed by atoms with Crippen LogP contribution < -0.4 is 5.32 Å². The highest BCUT2D eigenvalue weighted by atomic mass is 19.4. The van der Waals surface area contributed by atoms with Gasteiger partial charge in [0.15, 0.2) is 0 Å². The Bertz CT molecular complexity index is 797. The molecule has 0 aliphatic carbocycles. The van der Waals surface area contributed by atoms with Crippen molar-refractivity contribution in [2.24, 2.45) is 0 Å². The summed E-state index contributed by atoms with van der Waals surface area (Å²) in [6.07, 6.45) is -4.73. The number of hydrogen-bond donors (Lipinski definition) is 1. The van der Waals surface area contributed by atoms with Crippen LogP contribution in [-0.2, 0) is 15.7 Å². The molecule has 0 spiro atoms. The molecule has 0 saturated carbocycles. The van der Waals surface area contributed by atoms with Crippen LogP contribution in [0.3, 0.4) is 0 Å². The Morgan fingerprint density at radius 3 is 2.36 bits per heavy atom. The predicted molar refractivity (Wildman–Crippen MR) is 81.7 cm³/mol. The van der Waals surface area contributed by atoms with Crippen molar-refractivity contribution in [2.45, 2.75) is 25.9 Å². The molecule has 0 saturated heterocycles. The van der Waals surface area contributed by atoms with E-state index in [1.165, 1.54) is 26.0 Å². The summed E-state index contributed by atoms with van der Waals surface area (Å²) in [4.78, 5) is 22.9. The topological polar surface area (TPSA) is 81.5 Å². The van der Waals surface area contributed by atoms with Crippen LogP contribution in [0.5, 0.6) is 0 Å². The zero-order chi connectivity index (χ0) is 18.9. The first-order valence-corrected chi connectivity index (χ1v) is 7.17. The summed E-state index contributed by atoms with van der Waals surface area (Å²) in [7, 11) is 1.06. The third-order valence-corrected chi connectivity index (χ3v) is 3.90. The van der Waals surface area contributed by atoms with Gasteiger partial charge in [-0.1, -0.05) is 18.2 Å². The van der Waals surface area contributed by atoms with Crippen LogP contribution in [0.4, 0.5) is 13.2 Å². The second kappa shape index (κ2) is 6.58. The number of ether oxygens (including phenoxy) is 1. The number of esters is 1. The zero-order valence-electron chi connectivity index (χ0n) is 13.6. The second-order valence-electron chi connectivity index (χ2n) is 5.44. The van der Waals surface area contributed by atoms with Gasteiger partial charge in [0.2, 0.25) is 0 Å². The molecule has 0 amide bonds. The van der Waals surface area contributed by atoms with Crippen LogP contribution in [0.1, 0.15) is 30.9 Å². The maximum atomic E-state index is 13.4. The molecule has 0 unspecified atom stereocenters. The quantitative estimate of drug-likeness (QED) is 0.510. The first-order valence-electron chi connectivity index (χ1n) is 7.17. The molecule has 1 aromatic carbocycles. The Hall–Kier alpha value is -2.84. The number of nitrogens with one attached hydrogen (secondary N) is 1. The molecule has 1 aliphatic heterocycles. The summed E-state index contributed by atoms with van der Waals surface area (Å²) in [5, 5.41) is 14.2. The van der Waals surface area contributed by atoms with Crippen LogP contribution >= 0.6 is 0 Å². The van der Waals surface area contributed by atoms with Gasteiger partial charge >= 0.3 is 12.1 Å². The lowest BCUT2D eigenvalue weighted by Gasteiger charge is -2.27. The summed E-state index contributed by atoms with van der Waals surface area (Å²) in [6, 6.07) is 4.48. The van der Waals surface area contributed by atoms with E-state index >= 15 is 0 Å². The molecule has 134 valence electrons. The highest BCUT2D eigenvalue weighted by Gasteiger charge is 2.45. The highest BCUT2D eigenvalue weighted by Crippen LogP contribution is 2.43. The fraction of sp³-hybridized carbons (Fsp3) is 0.312. The van der Waals surface area contributed by atoms with Gasteiger partial charge in [0.1, 0.15) is 5.92 Å². The highest BCUT2D eigenvalue weighted by molar-refractivity contribution is 5.92. The lowest BCUT2D eigenvalue weighted by Crippen LogP contribution is -2.32. The van der Waals surface area contributed by atoms with Gasteiger partial charge in [-0.25, -0.2) is 4.79 Å². The van der Waals surface area contributed by atoms with E-state index in [4.69, 9.17) is 0 Å². The molecule has 0 bridgehead atoms. The Morgan fingerprint density at radius 2 is 1.84 bits per heavy atom. The third kappa shape index (κ3) is 3.35. The number of hydrogen-bond acceptors (Lipinski definition) is 5. The molecular formula is C16H15F3N2O4. The van der Waals surface area contributed by atoms with Gasteiger partial charge in [0.05, 0.1) is 28.9 Å². The maximum absolute atomic E-state index is 13.4. The van der Waals surface area contributed by atoms with Crippen LogP contribution in [-0.4, -0.2) is 18.0 Å². The molecule has 2 rings (SSSR count). The lowest BCUT2D eigenvalue weighted by atomic mass is 9.82. The summed E-state index contributed by atoms with van der Waals surface area (Å²) in [6.45, 7) is 2.83. The van der Waals surface area contributed by atoms with Crippen molar-refractivity contribution in [1.82, 2.24) is 5.32 Å². The zero-order valence-corrected chi connectivity index (χ0v) is 13.6. The SMILES string of the molecule is COC(=O)C1=C(C)NC(C)=C([N+](=O)[O-])[C@H]1c1ccccc1C(F)(F)F. The average Bonchev–Trinajstić information content (AvgIpc) is 2.52. The van der Waals surface area contributed by atoms with E-state index in [9.17, 15) is 28.1 Å². The van der Waals surface area contributed by atoms with E-state index in [0.717, 1.165) is 19.2 Å². The minimum atomic E-state index is -4.73. The number of allylic oxidation sites excluding steroid dienone is 3. The minimum absolute atomic E-state index is 0.0668. The monoisotopic (exact) mass is 356 g/mol. The third-order valence-electron chi connectivity index (χ3n) is 3.90. The van der Waals surface area contributed by atoms with Crippen molar-refractivity contribution in [3.63, 3.8) is 0 Å². The predicted octanol–water partition coefficient (Wildman–Crippen LogP) is 3.35. The standard InChI is InChI=1S/C16H15F3N2O4/c1-8-12(15(22)25-3)13(14(21(23)24)9(2)20-8)10-6-4-5-7-11(10)16(17,18)19/h4-7,13,20H,1-3H3/t13-/m0/s1. The van der Waals surface area contributed by atoms with Crippen molar-refractivity contribution in [3.05, 3.63) is 68.2 Å². The number of benzene rings is 1. The number of nitro groups is 1. The number of methoxy groups -OCH3 is 1. The van der Waals surface area contributed by atoms with E-state index in [2.05, 4.69) is 10.1 Å². The van der Waals surface area contributed by atoms with Gasteiger partial charge in [-0.05, 0) is 25.5 Å². The summed E-state index contributed by atoms with van der Waals surface area (Å²) >= 11 is 0. The molecule has 6 nitrogen and oxygen atoms in total. The molecule has 0 aromatic heterocycles. The normalized spacial score (nSPS) is 18.1. The first kappa shape index (κ1) is 18.5. The molecule has 1 N–H and O–H groups in total. The van der Waals surface area contributed by atoms with Crippen LogP contribution in [0.2, 0.25) is 0 Å². The molecule has 1 aliphatic rings. The Balaban J connectivity index is 2.82. The van der Waals surface area contributed by atoms with E-state index in [0.29, 0.717) is 0 Å². The Labute approximate surface area is 141 Å².